The third-order valence-electron chi connectivity index (χ3n) is 6.61. The minimum Gasteiger partial charge on any atom is -0.543 e. The number of nitrogens with zero attached hydrogens (tertiary/aromatic N) is 1. The average molecular weight is 542 g/mol. The molecule has 0 saturated carbocycles. The van der Waals surface area contributed by atoms with E-state index in [1.165, 1.54) is 36.9 Å². The second kappa shape index (κ2) is 11.4. The summed E-state index contributed by atoms with van der Waals surface area (Å²) in [5.41, 5.74) is -0.0472. The molecule has 3 aliphatic rings. The fraction of sp³-hybridized carbons (Fsp3) is 0.435. The summed E-state index contributed by atoms with van der Waals surface area (Å²) in [6, 6.07) is 4.26. The second-order valence-corrected chi connectivity index (χ2v) is 10.3. The van der Waals surface area contributed by atoms with Crippen molar-refractivity contribution in [2.24, 2.45) is 11.8 Å². The van der Waals surface area contributed by atoms with E-state index in [0.717, 1.165) is 4.90 Å². The number of nitrogens with one attached hydrogen (secondary N) is 2. The molecule has 0 aromatic heterocycles. The molecule has 6 atom stereocenters. The van der Waals surface area contributed by atoms with E-state index in [9.17, 15) is 34.2 Å². The van der Waals surface area contributed by atoms with Crippen LogP contribution in [0.15, 0.2) is 34.9 Å². The summed E-state index contributed by atoms with van der Waals surface area (Å²) in [6.07, 6.45) is -1.55. The molecule has 2 saturated heterocycles. The number of rotatable bonds is 7. The Balaban J connectivity index is 0.00000380. The Morgan fingerprint density at radius 1 is 1.22 bits per heavy atom. The van der Waals surface area contributed by atoms with Crippen LogP contribution < -0.4 is 45.3 Å². The molecule has 192 valence electrons. The standard InChI is InChI=1S/C23H25N3O9S.Na/c1-9-16-15(21(30)31)10(2)35-23(34)26(16)17(22(32)33)18(9)36-13-7-14(24-8-13)19(27)25-12-5-3-4-11(6-12)20(28)29;/h3-6,9-10,13-16,24H,7-8H2,1-2H3,(H,25,27)(H,28,29)(H,30,31)(H,32,33);/q;+1/p-1/t9-,10+,13+,14+,15-,16-;/m1./s1. The number of carboxylic acid groups (broad SMARTS) is 3. The normalized spacial score (nSPS) is 28.7. The Morgan fingerprint density at radius 2 is 1.92 bits per heavy atom. The van der Waals surface area contributed by atoms with Gasteiger partial charge in [0.05, 0.1) is 29.3 Å². The monoisotopic (exact) mass is 541 g/mol. The van der Waals surface area contributed by atoms with Gasteiger partial charge in [0.15, 0.2) is 0 Å². The molecule has 2 amide bonds. The van der Waals surface area contributed by atoms with Crippen molar-refractivity contribution in [2.75, 3.05) is 11.9 Å². The van der Waals surface area contributed by atoms with Gasteiger partial charge in [-0.15, -0.1) is 11.8 Å². The number of hydrogen-bond donors (Lipinski definition) is 4. The smallest absolute Gasteiger partial charge is 0.543 e. The molecule has 37 heavy (non-hydrogen) atoms. The minimum absolute atomic E-state index is 0. The van der Waals surface area contributed by atoms with E-state index in [1.54, 1.807) is 13.0 Å². The van der Waals surface area contributed by atoms with E-state index < -0.39 is 59.7 Å². The van der Waals surface area contributed by atoms with Crippen LogP contribution in [-0.2, 0) is 19.1 Å². The molecule has 14 heteroatoms. The third kappa shape index (κ3) is 5.65. The molecule has 1 aromatic rings. The topological polar surface area (TPSA) is 185 Å². The first-order chi connectivity index (χ1) is 17.0. The second-order valence-electron chi connectivity index (χ2n) is 8.91. The van der Waals surface area contributed by atoms with Gasteiger partial charge in [-0.3, -0.25) is 14.5 Å². The molecule has 3 aliphatic heterocycles. The number of hydrogen-bond acceptors (Lipinski definition) is 9. The van der Waals surface area contributed by atoms with Gasteiger partial charge in [0.1, 0.15) is 12.0 Å². The zero-order chi connectivity index (χ0) is 26.3. The Labute approximate surface area is 238 Å². The predicted octanol–water partition coefficient (Wildman–Crippen LogP) is -2.69. The number of thioether (sulfide) groups is 1. The van der Waals surface area contributed by atoms with Crippen LogP contribution in [0.5, 0.6) is 0 Å². The molecule has 0 unspecified atom stereocenters. The van der Waals surface area contributed by atoms with E-state index in [-0.39, 0.29) is 46.3 Å². The number of aromatic carboxylic acids is 1. The van der Waals surface area contributed by atoms with Crippen LogP contribution in [0.3, 0.4) is 0 Å². The number of benzene rings is 1. The van der Waals surface area contributed by atoms with E-state index in [4.69, 9.17) is 9.84 Å². The van der Waals surface area contributed by atoms with Crippen molar-refractivity contribution < 1.29 is 73.6 Å². The van der Waals surface area contributed by atoms with Gasteiger partial charge in [-0.05, 0) is 31.5 Å². The van der Waals surface area contributed by atoms with Crippen molar-refractivity contribution in [2.45, 2.75) is 43.7 Å². The summed E-state index contributed by atoms with van der Waals surface area (Å²) in [6.45, 7) is 3.47. The maximum atomic E-state index is 12.7. The minimum atomic E-state index is -1.61. The van der Waals surface area contributed by atoms with Crippen LogP contribution in [0.1, 0.15) is 30.6 Å². The fourth-order valence-corrected chi connectivity index (χ4v) is 6.43. The summed E-state index contributed by atoms with van der Waals surface area (Å²) in [5, 5.41) is 36.4. The molecular weight excluding hydrogens is 517 g/mol. The first-order valence-electron chi connectivity index (χ1n) is 11.2. The molecule has 0 spiro atoms. The summed E-state index contributed by atoms with van der Waals surface area (Å²) < 4.78 is 5.12. The van der Waals surface area contributed by atoms with Crippen molar-refractivity contribution >= 4 is 47.4 Å². The zero-order valence-electron chi connectivity index (χ0n) is 20.3. The van der Waals surface area contributed by atoms with Crippen molar-refractivity contribution in [3.63, 3.8) is 0 Å². The van der Waals surface area contributed by atoms with Crippen molar-refractivity contribution in [3.05, 3.63) is 40.4 Å². The number of anilines is 1. The molecule has 3 heterocycles. The van der Waals surface area contributed by atoms with Crippen LogP contribution in [-0.4, -0.2) is 75.0 Å². The number of carbonyl (C=O) groups excluding carboxylic acids is 3. The van der Waals surface area contributed by atoms with Crippen LogP contribution in [0.4, 0.5) is 10.5 Å². The summed E-state index contributed by atoms with van der Waals surface area (Å²) in [4.78, 5) is 61.6. The van der Waals surface area contributed by atoms with E-state index >= 15 is 0 Å². The van der Waals surface area contributed by atoms with Crippen LogP contribution in [0.25, 0.3) is 0 Å². The molecular formula is C23H24N3NaO9S. The third-order valence-corrected chi connectivity index (χ3v) is 8.12. The van der Waals surface area contributed by atoms with Crippen molar-refractivity contribution in [1.29, 1.82) is 0 Å². The quantitative estimate of drug-likeness (QED) is 0.264. The summed E-state index contributed by atoms with van der Waals surface area (Å²) in [7, 11) is 0. The van der Waals surface area contributed by atoms with Gasteiger partial charge in [0, 0.05) is 28.3 Å². The van der Waals surface area contributed by atoms with Gasteiger partial charge in [-0.25, -0.2) is 9.59 Å². The number of amides is 2. The molecule has 4 N–H and O–H groups in total. The molecule has 0 aliphatic carbocycles. The maximum Gasteiger partial charge on any atom is 1.00 e. The fourth-order valence-electron chi connectivity index (χ4n) is 4.95. The first-order valence-corrected chi connectivity index (χ1v) is 12.1. The molecule has 0 radical (unpaired) electrons. The number of fused-ring (bicyclic) bond motifs is 1. The van der Waals surface area contributed by atoms with E-state index in [1.807, 2.05) is 0 Å². The number of carboxylic acids is 3. The molecule has 0 bridgehead atoms. The summed E-state index contributed by atoms with van der Waals surface area (Å²) >= 11 is 1.17. The number of aliphatic carboxylic acids is 2. The Hall–Kier alpha value is -2.58. The predicted molar refractivity (Wildman–Crippen MR) is 124 cm³/mol. The van der Waals surface area contributed by atoms with Gasteiger partial charge in [-0.2, -0.15) is 0 Å². The first kappa shape index (κ1) is 29.0. The SMILES string of the molecule is C[C@@H]1OC(=O)N2C(C(=O)[O-])=C(S[C@@H]3CN[C@H](C(=O)Nc4cccc(C(=O)O)c4)C3)[C@H](C)[C@@H]2[C@@H]1C(=O)O.[Na+]. The number of ether oxygens (including phenoxy) is 1. The van der Waals surface area contributed by atoms with Crippen molar-refractivity contribution in [1.82, 2.24) is 10.2 Å². The largest absolute Gasteiger partial charge is 1.00 e. The maximum absolute atomic E-state index is 12.7. The summed E-state index contributed by atoms with van der Waals surface area (Å²) in [5.74, 6) is -6.05. The van der Waals surface area contributed by atoms with Gasteiger partial charge < -0.3 is 35.5 Å². The van der Waals surface area contributed by atoms with Gasteiger partial charge in [0.2, 0.25) is 5.91 Å². The molecule has 1 aromatic carbocycles. The van der Waals surface area contributed by atoms with Gasteiger partial charge in [-0.1, -0.05) is 13.0 Å². The molecule has 12 nitrogen and oxygen atoms in total. The van der Waals surface area contributed by atoms with Crippen molar-refractivity contribution in [3.8, 4) is 0 Å². The Bertz CT molecular complexity index is 1180. The zero-order valence-corrected chi connectivity index (χ0v) is 23.1. The van der Waals surface area contributed by atoms with E-state index in [2.05, 4.69) is 10.6 Å². The number of cyclic esters (lactones) is 1. The van der Waals surface area contributed by atoms with Crippen LogP contribution in [0, 0.1) is 11.8 Å². The van der Waals surface area contributed by atoms with E-state index in [0.29, 0.717) is 23.6 Å². The van der Waals surface area contributed by atoms with Gasteiger partial charge >= 0.3 is 47.6 Å². The van der Waals surface area contributed by atoms with Gasteiger partial charge in [0.25, 0.3) is 0 Å². The Morgan fingerprint density at radius 3 is 2.54 bits per heavy atom. The molecule has 2 fully saturated rings. The molecule has 4 rings (SSSR count). The number of carbonyl (C=O) groups is 5. The average Bonchev–Trinajstić information content (AvgIpc) is 3.38. The van der Waals surface area contributed by atoms with Crippen LogP contribution >= 0.6 is 11.8 Å². The van der Waals surface area contributed by atoms with Crippen LogP contribution in [0.2, 0.25) is 0 Å². The Kier molecular flexibility index (Phi) is 8.96.